The van der Waals surface area contributed by atoms with Gasteiger partial charge in [-0.1, -0.05) is 38.8 Å². The summed E-state index contributed by atoms with van der Waals surface area (Å²) >= 11 is 0. The second kappa shape index (κ2) is 9.63. The maximum atomic E-state index is 12.5. The van der Waals surface area contributed by atoms with Gasteiger partial charge in [0.15, 0.2) is 9.84 Å². The van der Waals surface area contributed by atoms with Crippen LogP contribution in [-0.4, -0.2) is 32.0 Å². The van der Waals surface area contributed by atoms with Crippen LogP contribution in [0.2, 0.25) is 0 Å². The van der Waals surface area contributed by atoms with Crippen LogP contribution in [0.25, 0.3) is 0 Å². The topological polar surface area (TPSA) is 37.4 Å². The third kappa shape index (κ3) is 6.24. The summed E-state index contributed by atoms with van der Waals surface area (Å²) in [4.78, 5) is 2.57. The number of hydrogen-bond acceptors (Lipinski definition) is 3. The summed E-state index contributed by atoms with van der Waals surface area (Å²) in [5, 5.41) is 0. The van der Waals surface area contributed by atoms with Crippen molar-refractivity contribution in [1.82, 2.24) is 0 Å². The van der Waals surface area contributed by atoms with Gasteiger partial charge in [-0.15, -0.1) is 0 Å². The molecular formula is C26H43NO2S. The minimum Gasteiger partial charge on any atom is -0.371 e. The smallest absolute Gasteiger partial charge is 0.155 e. The average Bonchev–Trinajstić information content (AvgIpc) is 2.66. The fraction of sp³-hybridized carbons (Fsp3) is 0.769. The van der Waals surface area contributed by atoms with Crippen molar-refractivity contribution in [3.8, 4) is 0 Å². The van der Waals surface area contributed by atoms with Crippen LogP contribution < -0.4 is 4.90 Å². The maximum Gasteiger partial charge on any atom is 0.155 e. The number of anilines is 1. The van der Waals surface area contributed by atoms with Crippen molar-refractivity contribution in [2.45, 2.75) is 84.3 Å². The third-order valence-corrected chi connectivity index (χ3v) is 10.1. The van der Waals surface area contributed by atoms with Crippen molar-refractivity contribution < 1.29 is 8.42 Å². The zero-order valence-corrected chi connectivity index (χ0v) is 20.7. The van der Waals surface area contributed by atoms with Gasteiger partial charge in [-0.2, -0.15) is 0 Å². The quantitative estimate of drug-likeness (QED) is 0.542. The summed E-state index contributed by atoms with van der Waals surface area (Å²) in [6.07, 6.45) is 8.23. The van der Waals surface area contributed by atoms with Gasteiger partial charge in [0, 0.05) is 18.8 Å². The van der Waals surface area contributed by atoms with Gasteiger partial charge >= 0.3 is 0 Å². The van der Waals surface area contributed by atoms with Gasteiger partial charge in [0.25, 0.3) is 0 Å². The number of rotatable bonds is 6. The molecule has 1 aliphatic carbocycles. The van der Waals surface area contributed by atoms with E-state index in [0.717, 1.165) is 37.0 Å². The molecular weight excluding hydrogens is 390 g/mol. The predicted molar refractivity (Wildman–Crippen MR) is 129 cm³/mol. The van der Waals surface area contributed by atoms with E-state index in [-0.39, 0.29) is 0 Å². The molecule has 3 rings (SSSR count). The van der Waals surface area contributed by atoms with Gasteiger partial charge in [-0.05, 0) is 94.2 Å². The molecule has 3 nitrogen and oxygen atoms in total. The van der Waals surface area contributed by atoms with Gasteiger partial charge in [0.2, 0.25) is 0 Å². The molecule has 170 valence electrons. The van der Waals surface area contributed by atoms with Crippen LogP contribution in [0.15, 0.2) is 24.3 Å². The van der Waals surface area contributed by atoms with Crippen LogP contribution in [-0.2, 0) is 16.3 Å². The Kier molecular flexibility index (Phi) is 7.58. The molecule has 1 aromatic rings. The molecule has 1 aromatic carbocycles. The molecule has 0 amide bonds. The van der Waals surface area contributed by atoms with Crippen molar-refractivity contribution in [1.29, 1.82) is 0 Å². The predicted octanol–water partition coefficient (Wildman–Crippen LogP) is 6.12. The first-order chi connectivity index (χ1) is 14.0. The second-order valence-electron chi connectivity index (χ2n) is 11.3. The standard InChI is InChI=1S/C26H43NO2S/c1-20-15-21(2)18-27(17-20)25-8-6-7-23(16-25)12-9-22-10-13-24(14-11-22)19-30(28,29)26(3,4)5/h6-8,16,20-22,24H,9-15,17-19H2,1-5H3. The average molecular weight is 434 g/mol. The summed E-state index contributed by atoms with van der Waals surface area (Å²) in [6, 6.07) is 9.19. The zero-order valence-electron chi connectivity index (χ0n) is 19.9. The molecule has 1 saturated heterocycles. The lowest BCUT2D eigenvalue weighted by atomic mass is 9.80. The summed E-state index contributed by atoms with van der Waals surface area (Å²) in [7, 11) is -3.00. The summed E-state index contributed by atoms with van der Waals surface area (Å²) < 4.78 is 24.4. The normalized spacial score (nSPS) is 28.5. The zero-order chi connectivity index (χ0) is 21.9. The van der Waals surface area contributed by atoms with Crippen molar-refractivity contribution in [2.75, 3.05) is 23.7 Å². The monoisotopic (exact) mass is 433 g/mol. The first-order valence-electron chi connectivity index (χ1n) is 12.1. The van der Waals surface area contributed by atoms with E-state index >= 15 is 0 Å². The Labute approximate surface area is 185 Å². The largest absolute Gasteiger partial charge is 0.371 e. The lowest BCUT2D eigenvalue weighted by Crippen LogP contribution is -2.38. The molecule has 0 N–H and O–H groups in total. The SMILES string of the molecule is CC1CC(C)CN(c2cccc(CCC3CCC(CS(=O)(=O)C(C)(C)C)CC3)c2)C1. The van der Waals surface area contributed by atoms with E-state index in [1.165, 1.54) is 50.0 Å². The fourth-order valence-corrected chi connectivity index (χ4v) is 6.85. The highest BCUT2D eigenvalue weighted by atomic mass is 32.2. The lowest BCUT2D eigenvalue weighted by molar-refractivity contribution is 0.278. The molecule has 4 heteroatoms. The van der Waals surface area contributed by atoms with E-state index in [2.05, 4.69) is 43.0 Å². The Morgan fingerprint density at radius 2 is 1.57 bits per heavy atom. The van der Waals surface area contributed by atoms with Crippen molar-refractivity contribution >= 4 is 15.5 Å². The van der Waals surface area contributed by atoms with E-state index in [1.54, 1.807) is 0 Å². The van der Waals surface area contributed by atoms with Crippen LogP contribution in [0.3, 0.4) is 0 Å². The molecule has 30 heavy (non-hydrogen) atoms. The number of hydrogen-bond donors (Lipinski definition) is 0. The molecule has 2 unspecified atom stereocenters. The summed E-state index contributed by atoms with van der Waals surface area (Å²) in [6.45, 7) is 12.6. The van der Waals surface area contributed by atoms with Crippen LogP contribution in [0.1, 0.15) is 78.7 Å². The first kappa shape index (κ1) is 23.6. The van der Waals surface area contributed by atoms with Crippen LogP contribution >= 0.6 is 0 Å². The Hall–Kier alpha value is -1.03. The molecule has 2 atom stereocenters. The number of aryl methyl sites for hydroxylation is 1. The molecule has 0 aromatic heterocycles. The molecule has 1 saturated carbocycles. The van der Waals surface area contributed by atoms with E-state index in [4.69, 9.17) is 0 Å². The van der Waals surface area contributed by atoms with E-state index < -0.39 is 14.6 Å². The van der Waals surface area contributed by atoms with E-state index in [1.807, 2.05) is 20.8 Å². The van der Waals surface area contributed by atoms with Gasteiger partial charge in [-0.3, -0.25) is 0 Å². The van der Waals surface area contributed by atoms with Crippen LogP contribution in [0.5, 0.6) is 0 Å². The minimum atomic E-state index is -3.00. The first-order valence-corrected chi connectivity index (χ1v) is 13.7. The number of benzene rings is 1. The Morgan fingerprint density at radius 3 is 2.17 bits per heavy atom. The van der Waals surface area contributed by atoms with E-state index in [9.17, 15) is 8.42 Å². The van der Waals surface area contributed by atoms with Crippen molar-refractivity contribution in [3.05, 3.63) is 29.8 Å². The van der Waals surface area contributed by atoms with Gasteiger partial charge < -0.3 is 4.90 Å². The van der Waals surface area contributed by atoms with Crippen LogP contribution in [0, 0.1) is 23.7 Å². The molecule has 2 fully saturated rings. The molecule has 1 heterocycles. The number of sulfone groups is 1. The van der Waals surface area contributed by atoms with Crippen LogP contribution in [0.4, 0.5) is 5.69 Å². The summed E-state index contributed by atoms with van der Waals surface area (Å²) in [5.41, 5.74) is 2.85. The van der Waals surface area contributed by atoms with Gasteiger partial charge in [-0.25, -0.2) is 8.42 Å². The highest BCUT2D eigenvalue weighted by Crippen LogP contribution is 2.34. The summed E-state index contributed by atoms with van der Waals surface area (Å²) in [5.74, 6) is 3.02. The van der Waals surface area contributed by atoms with Gasteiger partial charge in [0.05, 0.1) is 10.5 Å². The van der Waals surface area contributed by atoms with Gasteiger partial charge in [0.1, 0.15) is 0 Å². The Morgan fingerprint density at radius 1 is 0.967 bits per heavy atom. The van der Waals surface area contributed by atoms with E-state index in [0.29, 0.717) is 11.7 Å². The Bertz CT molecular complexity index is 777. The molecule has 2 aliphatic rings. The molecule has 1 aliphatic heterocycles. The molecule has 0 bridgehead atoms. The lowest BCUT2D eigenvalue weighted by Gasteiger charge is -2.36. The highest BCUT2D eigenvalue weighted by molar-refractivity contribution is 7.92. The number of nitrogens with zero attached hydrogens (tertiary/aromatic N) is 1. The highest BCUT2D eigenvalue weighted by Gasteiger charge is 2.33. The second-order valence-corrected chi connectivity index (χ2v) is 14.1. The van der Waals surface area contributed by atoms with Crippen molar-refractivity contribution in [3.63, 3.8) is 0 Å². The maximum absolute atomic E-state index is 12.5. The molecule has 0 spiro atoms. The fourth-order valence-electron chi connectivity index (χ4n) is 5.40. The Balaban J connectivity index is 1.48. The molecule has 0 radical (unpaired) electrons. The third-order valence-electron chi connectivity index (χ3n) is 7.34. The minimum absolute atomic E-state index is 0.358. The number of piperidine rings is 1. The van der Waals surface area contributed by atoms with Crippen molar-refractivity contribution in [2.24, 2.45) is 23.7 Å².